The fraction of sp³-hybridized carbons (Fsp3) is 0.744. The predicted octanol–water partition coefficient (Wildman–Crippen LogP) is 3.34. The number of rotatable bonds is 13. The Morgan fingerprint density at radius 1 is 1.07 bits per heavy atom. The lowest BCUT2D eigenvalue weighted by Gasteiger charge is -2.47. The summed E-state index contributed by atoms with van der Waals surface area (Å²) in [7, 11) is -0.241. The molecule has 1 aromatic carbocycles. The minimum atomic E-state index is -3.39. The summed E-state index contributed by atoms with van der Waals surface area (Å²) >= 11 is 0. The zero-order valence-electron chi connectivity index (χ0n) is 37.3. The van der Waals surface area contributed by atoms with E-state index in [1.807, 2.05) is 0 Å². The van der Waals surface area contributed by atoms with Crippen molar-refractivity contribution < 1.29 is 65.6 Å². The monoisotopic (exact) mass is 883 g/mol. The van der Waals surface area contributed by atoms with E-state index in [2.05, 4.69) is 10.6 Å². The minimum absolute atomic E-state index is 0.0348. The van der Waals surface area contributed by atoms with Gasteiger partial charge in [-0.05, 0) is 78.1 Å². The number of aliphatic hydroxyl groups is 1. The highest BCUT2D eigenvalue weighted by atomic mass is 32.2. The molecule has 3 saturated heterocycles. The summed E-state index contributed by atoms with van der Waals surface area (Å²) in [5.41, 5.74) is -2.12. The molecule has 0 spiro atoms. The molecule has 4 rings (SSSR count). The molecule has 0 bridgehead atoms. The average Bonchev–Trinajstić information content (AvgIpc) is 3.53. The third-order valence-electron chi connectivity index (χ3n) is 12.9. The molecule has 14 atom stereocenters. The fourth-order valence-electron chi connectivity index (χ4n) is 9.15. The molecule has 3 N–H and O–H groups in total. The number of cyclic esters (lactones) is 1. The first-order valence-electron chi connectivity index (χ1n) is 21.1. The van der Waals surface area contributed by atoms with Crippen LogP contribution in [0.4, 0.5) is 9.18 Å². The van der Waals surface area contributed by atoms with Crippen LogP contribution in [0.3, 0.4) is 0 Å². The Balaban J connectivity index is 1.53. The highest BCUT2D eigenvalue weighted by Crippen LogP contribution is 2.40. The van der Waals surface area contributed by atoms with Crippen LogP contribution in [0.25, 0.3) is 0 Å². The van der Waals surface area contributed by atoms with Gasteiger partial charge in [0.1, 0.15) is 30.6 Å². The number of fused-ring (bicyclic) bond motifs is 1. The molecule has 3 unspecified atom stereocenters. The van der Waals surface area contributed by atoms with Crippen LogP contribution in [0.5, 0.6) is 0 Å². The van der Waals surface area contributed by atoms with Crippen LogP contribution in [0.15, 0.2) is 29.2 Å². The SMILES string of the molecule is CC[C@H]1OC(=O)[C@H](C)C(=O)[C@H](C)[C@@H](O[C@@H]2O[C@H](C)C[C@H](N(C)CCC(=O)N[C@H](CF)Cc3ccc(S(C)(=O)=O)cc3)[C@H]2O)C(C)(OC)C[C@@H](C)C(=O)[C@H](C)C2NC(=O)OC21C. The lowest BCUT2D eigenvalue weighted by molar-refractivity contribution is -0.296. The first-order chi connectivity index (χ1) is 28.4. The summed E-state index contributed by atoms with van der Waals surface area (Å²) in [5.74, 6) is -5.87. The minimum Gasteiger partial charge on any atom is -0.458 e. The molecule has 2 amide bonds. The van der Waals surface area contributed by atoms with E-state index < -0.39 is 124 Å². The second-order valence-corrected chi connectivity index (χ2v) is 19.7. The summed E-state index contributed by atoms with van der Waals surface area (Å²) in [6, 6.07) is 3.76. The van der Waals surface area contributed by atoms with Crippen LogP contribution < -0.4 is 10.6 Å². The molecule has 61 heavy (non-hydrogen) atoms. The Labute approximate surface area is 359 Å². The molecule has 1 aromatic rings. The molecule has 0 aromatic heterocycles. The zero-order valence-corrected chi connectivity index (χ0v) is 38.1. The molecule has 16 nitrogen and oxygen atoms in total. The van der Waals surface area contributed by atoms with Crippen molar-refractivity contribution in [1.82, 2.24) is 15.5 Å². The molecule has 3 aliphatic rings. The number of halogens is 1. The number of ether oxygens (including phenoxy) is 5. The second kappa shape index (κ2) is 20.3. The molecule has 3 fully saturated rings. The van der Waals surface area contributed by atoms with Crippen LogP contribution in [0, 0.1) is 23.7 Å². The van der Waals surface area contributed by atoms with E-state index in [4.69, 9.17) is 23.7 Å². The third-order valence-corrected chi connectivity index (χ3v) is 14.0. The lowest BCUT2D eigenvalue weighted by atomic mass is 9.73. The van der Waals surface area contributed by atoms with Crippen LogP contribution in [0.1, 0.15) is 86.6 Å². The number of likely N-dealkylation sites (N-methyl/N-ethyl adjacent to an activating group) is 1. The smallest absolute Gasteiger partial charge is 0.408 e. The van der Waals surface area contributed by atoms with E-state index in [9.17, 15) is 41.9 Å². The van der Waals surface area contributed by atoms with E-state index in [1.54, 1.807) is 72.5 Å². The number of aliphatic hydroxyl groups excluding tert-OH is 1. The number of amides is 2. The summed E-state index contributed by atoms with van der Waals surface area (Å²) in [6.45, 7) is 12.6. The number of nitrogens with zero attached hydrogens (tertiary/aromatic N) is 1. The number of alkyl halides is 1. The van der Waals surface area contributed by atoms with Crippen molar-refractivity contribution in [2.24, 2.45) is 23.7 Å². The average molecular weight is 884 g/mol. The number of esters is 1. The molecular formula is C43H66FN3O13S. The van der Waals surface area contributed by atoms with Gasteiger partial charge in [0.2, 0.25) is 5.91 Å². The zero-order chi connectivity index (χ0) is 45.8. The number of carbonyl (C=O) groups is 5. The normalized spacial score (nSPS) is 36.0. The Kier molecular flexibility index (Phi) is 16.7. The van der Waals surface area contributed by atoms with Crippen LogP contribution in [0.2, 0.25) is 0 Å². The Bertz CT molecular complexity index is 1850. The highest BCUT2D eigenvalue weighted by Gasteiger charge is 2.57. The van der Waals surface area contributed by atoms with Crippen LogP contribution >= 0.6 is 0 Å². The number of carbonyl (C=O) groups excluding carboxylic acids is 5. The van der Waals surface area contributed by atoms with Gasteiger partial charge in [0.05, 0.1) is 34.8 Å². The van der Waals surface area contributed by atoms with Crippen molar-refractivity contribution in [3.8, 4) is 0 Å². The quantitative estimate of drug-likeness (QED) is 0.192. The summed E-state index contributed by atoms with van der Waals surface area (Å²) in [5, 5.41) is 17.3. The van der Waals surface area contributed by atoms with Crippen molar-refractivity contribution in [1.29, 1.82) is 0 Å². The highest BCUT2D eigenvalue weighted by molar-refractivity contribution is 7.90. The maximum Gasteiger partial charge on any atom is 0.408 e. The maximum atomic E-state index is 14.3. The number of hydrogen-bond acceptors (Lipinski definition) is 14. The van der Waals surface area contributed by atoms with Crippen LogP contribution in [-0.2, 0) is 59.1 Å². The molecule has 344 valence electrons. The number of hydrogen-bond donors (Lipinski definition) is 3. The number of ketones is 2. The van der Waals surface area contributed by atoms with Crippen molar-refractivity contribution in [2.45, 2.75) is 152 Å². The van der Waals surface area contributed by atoms with E-state index in [0.717, 1.165) is 6.26 Å². The Hall–Kier alpha value is -3.55. The number of sulfone groups is 1. The maximum absolute atomic E-state index is 14.3. The summed E-state index contributed by atoms with van der Waals surface area (Å²) in [6.07, 6.45) is -4.14. The van der Waals surface area contributed by atoms with E-state index in [0.29, 0.717) is 12.0 Å². The van der Waals surface area contributed by atoms with E-state index in [1.165, 1.54) is 26.2 Å². The number of alkyl carbamates (subject to hydrolysis) is 1. The van der Waals surface area contributed by atoms with E-state index in [-0.39, 0.29) is 42.9 Å². The first-order valence-corrected chi connectivity index (χ1v) is 23.0. The van der Waals surface area contributed by atoms with Gasteiger partial charge >= 0.3 is 12.1 Å². The molecular weight excluding hydrogens is 818 g/mol. The van der Waals surface area contributed by atoms with Gasteiger partial charge in [0.25, 0.3) is 0 Å². The van der Waals surface area contributed by atoms with Crippen molar-refractivity contribution in [3.05, 3.63) is 29.8 Å². The van der Waals surface area contributed by atoms with Crippen molar-refractivity contribution >= 4 is 39.4 Å². The van der Waals surface area contributed by atoms with Gasteiger partial charge in [-0.25, -0.2) is 17.6 Å². The number of Topliss-reactive ketones (excluding diaryl/α,β-unsaturated/α-hetero) is 2. The molecule has 0 aliphatic carbocycles. The largest absolute Gasteiger partial charge is 0.458 e. The van der Waals surface area contributed by atoms with Gasteiger partial charge in [0, 0.05) is 50.1 Å². The predicted molar refractivity (Wildman–Crippen MR) is 221 cm³/mol. The molecule has 0 saturated carbocycles. The summed E-state index contributed by atoms with van der Waals surface area (Å²) < 4.78 is 68.1. The summed E-state index contributed by atoms with van der Waals surface area (Å²) in [4.78, 5) is 69.7. The Morgan fingerprint density at radius 3 is 2.28 bits per heavy atom. The second-order valence-electron chi connectivity index (χ2n) is 17.7. The number of methoxy groups -OCH3 is 1. The van der Waals surface area contributed by atoms with Crippen molar-refractivity contribution in [2.75, 3.05) is 33.6 Å². The molecule has 3 heterocycles. The molecule has 0 radical (unpaired) electrons. The van der Waals surface area contributed by atoms with Crippen molar-refractivity contribution in [3.63, 3.8) is 0 Å². The van der Waals surface area contributed by atoms with Gasteiger partial charge in [-0.15, -0.1) is 0 Å². The molecule has 18 heteroatoms. The fourth-order valence-corrected chi connectivity index (χ4v) is 9.78. The van der Waals surface area contributed by atoms with Gasteiger partial charge in [0.15, 0.2) is 27.5 Å². The van der Waals surface area contributed by atoms with Gasteiger partial charge in [-0.2, -0.15) is 0 Å². The van der Waals surface area contributed by atoms with Gasteiger partial charge in [-0.3, -0.25) is 19.2 Å². The van der Waals surface area contributed by atoms with Gasteiger partial charge in [-0.1, -0.05) is 39.8 Å². The van der Waals surface area contributed by atoms with E-state index >= 15 is 0 Å². The van der Waals surface area contributed by atoms with Gasteiger partial charge < -0.3 is 44.3 Å². The lowest BCUT2D eigenvalue weighted by Crippen LogP contribution is -2.60. The first kappa shape index (κ1) is 50.1. The Morgan fingerprint density at radius 2 is 1.70 bits per heavy atom. The number of benzene rings is 1. The third kappa shape index (κ3) is 11.5. The van der Waals surface area contributed by atoms with Crippen LogP contribution in [-0.4, -0.2) is 142 Å². The number of nitrogens with one attached hydrogen (secondary N) is 2. The topological polar surface area (TPSA) is 213 Å². The molecule has 3 aliphatic heterocycles. The standard InChI is InChI=1S/C43H66FN3O13S/c1-12-32-43(8)37(46-41(53)60-43)25(4)34(49)23(2)21-42(7,56-10)38(26(5)35(50)27(6)39(52)58-32)59-40-36(51)31(19-24(3)57-40)47(9)18-17-33(48)45-29(22-44)20-28-13-15-30(16-14-28)61(11,54)55/h13-16,23-27,29,31-32,36-38,40,51H,12,17-22H2,1-11H3,(H,45,48)(H,46,53)/t23-,24-,25+,26+,27-,29+,31+,32-,36-,37?,38-,40+,42?,43?/m1/s1.